The minimum absolute atomic E-state index is 0.323. The summed E-state index contributed by atoms with van der Waals surface area (Å²) in [4.78, 5) is 0. The van der Waals surface area contributed by atoms with Crippen LogP contribution >= 0.6 is 15.9 Å². The molecular formula is C11H11BrN2O3. The fourth-order valence-electron chi connectivity index (χ4n) is 1.47. The van der Waals surface area contributed by atoms with Crippen LogP contribution in [0.25, 0.3) is 11.3 Å². The summed E-state index contributed by atoms with van der Waals surface area (Å²) in [6.07, 6.45) is 0. The SMILES string of the molecule is COc1cc(-c2cc(N)no2)c(OC)cc1Br. The average Bonchev–Trinajstić information content (AvgIpc) is 2.75. The lowest BCUT2D eigenvalue weighted by molar-refractivity contribution is 0.396. The molecule has 0 fully saturated rings. The fourth-order valence-corrected chi connectivity index (χ4v) is 1.95. The van der Waals surface area contributed by atoms with Crippen molar-refractivity contribution in [3.05, 3.63) is 22.7 Å². The summed E-state index contributed by atoms with van der Waals surface area (Å²) in [7, 11) is 3.17. The number of nitrogen functional groups attached to an aromatic ring is 1. The molecule has 0 aliphatic carbocycles. The van der Waals surface area contributed by atoms with Crippen LogP contribution < -0.4 is 15.2 Å². The summed E-state index contributed by atoms with van der Waals surface area (Å²) < 4.78 is 16.4. The molecule has 1 heterocycles. The van der Waals surface area contributed by atoms with Crippen molar-refractivity contribution in [2.45, 2.75) is 0 Å². The molecule has 0 aliphatic rings. The summed E-state index contributed by atoms with van der Waals surface area (Å²) in [6.45, 7) is 0. The van der Waals surface area contributed by atoms with Gasteiger partial charge < -0.3 is 19.7 Å². The molecule has 0 unspecified atom stereocenters. The number of nitrogens with zero attached hydrogens (tertiary/aromatic N) is 1. The number of hydrogen-bond acceptors (Lipinski definition) is 5. The maximum Gasteiger partial charge on any atom is 0.172 e. The Morgan fingerprint density at radius 2 is 1.88 bits per heavy atom. The van der Waals surface area contributed by atoms with Crippen molar-refractivity contribution in [1.29, 1.82) is 0 Å². The van der Waals surface area contributed by atoms with Crippen LogP contribution in [0.4, 0.5) is 5.82 Å². The molecule has 6 heteroatoms. The number of halogens is 1. The first-order chi connectivity index (χ1) is 8.15. The molecule has 2 rings (SSSR count). The molecule has 0 atom stereocenters. The zero-order valence-electron chi connectivity index (χ0n) is 9.36. The number of nitrogens with two attached hydrogens (primary N) is 1. The van der Waals surface area contributed by atoms with Gasteiger partial charge >= 0.3 is 0 Å². The average molecular weight is 299 g/mol. The predicted molar refractivity (Wildman–Crippen MR) is 67.2 cm³/mol. The van der Waals surface area contributed by atoms with Gasteiger partial charge in [-0.05, 0) is 28.1 Å². The highest BCUT2D eigenvalue weighted by Gasteiger charge is 2.15. The van der Waals surface area contributed by atoms with Crippen LogP contribution in [-0.2, 0) is 0 Å². The molecular weight excluding hydrogens is 288 g/mol. The van der Waals surface area contributed by atoms with Crippen molar-refractivity contribution in [3.63, 3.8) is 0 Å². The van der Waals surface area contributed by atoms with Gasteiger partial charge in [-0.15, -0.1) is 0 Å². The zero-order valence-corrected chi connectivity index (χ0v) is 10.9. The summed E-state index contributed by atoms with van der Waals surface area (Å²) in [5.74, 6) is 2.18. The van der Waals surface area contributed by atoms with Gasteiger partial charge in [-0.1, -0.05) is 5.16 Å². The maximum absolute atomic E-state index is 5.52. The molecule has 1 aromatic heterocycles. The van der Waals surface area contributed by atoms with Crippen LogP contribution in [0.15, 0.2) is 27.2 Å². The van der Waals surface area contributed by atoms with E-state index in [0.29, 0.717) is 23.1 Å². The molecule has 0 amide bonds. The van der Waals surface area contributed by atoms with Crippen LogP contribution in [0.3, 0.4) is 0 Å². The van der Waals surface area contributed by atoms with Crippen LogP contribution in [0.1, 0.15) is 0 Å². The number of ether oxygens (including phenoxy) is 2. The second-order valence-corrected chi connectivity index (χ2v) is 4.16. The normalized spacial score (nSPS) is 10.3. The lowest BCUT2D eigenvalue weighted by atomic mass is 10.1. The Kier molecular flexibility index (Phi) is 3.23. The molecule has 0 saturated carbocycles. The Morgan fingerprint density at radius 1 is 1.18 bits per heavy atom. The molecule has 90 valence electrons. The molecule has 2 N–H and O–H groups in total. The quantitative estimate of drug-likeness (QED) is 0.943. The molecule has 2 aromatic rings. The summed E-state index contributed by atoms with van der Waals surface area (Å²) >= 11 is 3.38. The standard InChI is InChI=1S/C11H11BrN2O3/c1-15-8-4-7(12)10(16-2)3-6(8)9-5-11(13)14-17-9/h3-5H,1-2H3,(H2,13,14). The van der Waals surface area contributed by atoms with Gasteiger partial charge in [0.2, 0.25) is 0 Å². The highest BCUT2D eigenvalue weighted by molar-refractivity contribution is 9.10. The Labute approximate surface area is 107 Å². The van der Waals surface area contributed by atoms with E-state index >= 15 is 0 Å². The smallest absolute Gasteiger partial charge is 0.172 e. The Bertz CT molecular complexity index is 540. The van der Waals surface area contributed by atoms with Gasteiger partial charge in [-0.25, -0.2) is 0 Å². The van der Waals surface area contributed by atoms with E-state index in [1.165, 1.54) is 0 Å². The number of anilines is 1. The second kappa shape index (κ2) is 4.67. The van der Waals surface area contributed by atoms with Crippen LogP contribution in [-0.4, -0.2) is 19.4 Å². The summed E-state index contributed by atoms with van der Waals surface area (Å²) in [5, 5.41) is 3.64. The first kappa shape index (κ1) is 11.8. The van der Waals surface area contributed by atoms with Crippen molar-refractivity contribution in [1.82, 2.24) is 5.16 Å². The van der Waals surface area contributed by atoms with Crippen LogP contribution in [0, 0.1) is 0 Å². The van der Waals surface area contributed by atoms with Gasteiger partial charge in [0.1, 0.15) is 11.5 Å². The topological polar surface area (TPSA) is 70.5 Å². The van der Waals surface area contributed by atoms with E-state index in [-0.39, 0.29) is 0 Å². The first-order valence-corrected chi connectivity index (χ1v) is 5.59. The molecule has 0 spiro atoms. The number of hydrogen-bond donors (Lipinski definition) is 1. The largest absolute Gasteiger partial charge is 0.496 e. The Hall–Kier alpha value is -1.69. The van der Waals surface area contributed by atoms with Crippen LogP contribution in [0.2, 0.25) is 0 Å². The van der Waals surface area contributed by atoms with Gasteiger partial charge in [0, 0.05) is 6.07 Å². The van der Waals surface area contributed by atoms with E-state index in [1.54, 1.807) is 32.4 Å². The molecule has 17 heavy (non-hydrogen) atoms. The van der Waals surface area contributed by atoms with E-state index in [1.807, 2.05) is 0 Å². The van der Waals surface area contributed by atoms with Gasteiger partial charge in [-0.3, -0.25) is 0 Å². The molecule has 5 nitrogen and oxygen atoms in total. The lowest BCUT2D eigenvalue weighted by Crippen LogP contribution is -1.91. The third-order valence-electron chi connectivity index (χ3n) is 2.27. The van der Waals surface area contributed by atoms with Crippen molar-refractivity contribution < 1.29 is 14.0 Å². The molecule has 0 bridgehead atoms. The summed E-state index contributed by atoms with van der Waals surface area (Å²) in [5.41, 5.74) is 6.25. The molecule has 1 aromatic carbocycles. The monoisotopic (exact) mass is 298 g/mol. The van der Waals surface area contributed by atoms with Crippen molar-refractivity contribution in [2.75, 3.05) is 20.0 Å². The van der Waals surface area contributed by atoms with Crippen LogP contribution in [0.5, 0.6) is 11.5 Å². The van der Waals surface area contributed by atoms with Crippen molar-refractivity contribution in [2.24, 2.45) is 0 Å². The number of aromatic nitrogens is 1. The number of rotatable bonds is 3. The van der Waals surface area contributed by atoms with Gasteiger partial charge in [0.05, 0.1) is 24.3 Å². The number of benzene rings is 1. The summed E-state index contributed by atoms with van der Waals surface area (Å²) in [6, 6.07) is 5.22. The van der Waals surface area contributed by atoms with Gasteiger partial charge in [-0.2, -0.15) is 0 Å². The van der Waals surface area contributed by atoms with Gasteiger partial charge in [0.25, 0.3) is 0 Å². The second-order valence-electron chi connectivity index (χ2n) is 3.30. The van der Waals surface area contributed by atoms with E-state index in [2.05, 4.69) is 21.1 Å². The molecule has 0 radical (unpaired) electrons. The third-order valence-corrected chi connectivity index (χ3v) is 2.89. The Balaban J connectivity index is 2.58. The minimum atomic E-state index is 0.323. The highest BCUT2D eigenvalue weighted by Crippen LogP contribution is 2.38. The lowest BCUT2D eigenvalue weighted by Gasteiger charge is -2.09. The first-order valence-electron chi connectivity index (χ1n) is 4.79. The predicted octanol–water partition coefficient (Wildman–Crippen LogP) is 2.70. The molecule has 0 aliphatic heterocycles. The van der Waals surface area contributed by atoms with E-state index in [9.17, 15) is 0 Å². The number of methoxy groups -OCH3 is 2. The highest BCUT2D eigenvalue weighted by atomic mass is 79.9. The van der Waals surface area contributed by atoms with E-state index in [4.69, 9.17) is 19.7 Å². The van der Waals surface area contributed by atoms with Crippen molar-refractivity contribution >= 4 is 21.7 Å². The van der Waals surface area contributed by atoms with Crippen molar-refractivity contribution in [3.8, 4) is 22.8 Å². The maximum atomic E-state index is 5.52. The van der Waals surface area contributed by atoms with Gasteiger partial charge in [0.15, 0.2) is 11.6 Å². The zero-order chi connectivity index (χ0) is 12.4. The molecule has 0 saturated heterocycles. The third kappa shape index (κ3) is 2.21. The Morgan fingerprint density at radius 3 is 2.41 bits per heavy atom. The van der Waals surface area contributed by atoms with E-state index in [0.717, 1.165) is 10.0 Å². The van der Waals surface area contributed by atoms with E-state index < -0.39 is 0 Å². The fraction of sp³-hybridized carbons (Fsp3) is 0.182. The minimum Gasteiger partial charge on any atom is -0.496 e.